The molecule has 0 aliphatic heterocycles. The number of hydrogen-bond acceptors (Lipinski definition) is 2. The predicted molar refractivity (Wildman–Crippen MR) is 116 cm³/mol. The van der Waals surface area contributed by atoms with Crippen molar-refractivity contribution in [3.63, 3.8) is 0 Å². The molecule has 0 saturated carbocycles. The molecule has 140 valence electrons. The van der Waals surface area contributed by atoms with Gasteiger partial charge in [0.2, 0.25) is 0 Å². The van der Waals surface area contributed by atoms with E-state index in [1.54, 1.807) is 12.1 Å². The van der Waals surface area contributed by atoms with Gasteiger partial charge in [-0.05, 0) is 54.4 Å². The minimum atomic E-state index is 0.315. The lowest BCUT2D eigenvalue weighted by Gasteiger charge is -2.12. The monoisotopic (exact) mass is 439 g/mol. The molecule has 0 fully saturated rings. The fraction of sp³-hybridized carbons (Fsp3) is 0.143. The maximum atomic E-state index is 6.36. The molecule has 0 radical (unpaired) electrons. The lowest BCUT2D eigenvalue weighted by molar-refractivity contribution is 0.306. The highest BCUT2D eigenvalue weighted by Gasteiger charge is 2.07. The molecule has 0 aliphatic rings. The van der Waals surface area contributed by atoms with E-state index in [0.717, 1.165) is 27.4 Å². The summed E-state index contributed by atoms with van der Waals surface area (Å²) in [5.74, 6) is 0.602. The molecule has 0 atom stereocenters. The van der Waals surface area contributed by atoms with Crippen molar-refractivity contribution in [3.8, 4) is 5.75 Å². The Morgan fingerprint density at radius 2 is 1.63 bits per heavy atom. The minimum Gasteiger partial charge on any atom is -0.487 e. The van der Waals surface area contributed by atoms with E-state index in [1.165, 1.54) is 0 Å². The first-order chi connectivity index (χ1) is 12.9. The molecule has 1 N–H and O–H groups in total. The number of anilines is 1. The standard InChI is InChI=1S/C21H17Cl4NO/c1-13-2-6-17(10-18(13)23)26-11-14-3-7-21(20(25)8-14)27-12-15-4-5-16(22)9-19(15)24/h2-10,26H,11-12H2,1H3. The summed E-state index contributed by atoms with van der Waals surface area (Å²) in [4.78, 5) is 0. The molecule has 2 nitrogen and oxygen atoms in total. The van der Waals surface area contributed by atoms with Crippen LogP contribution >= 0.6 is 46.4 Å². The molecule has 27 heavy (non-hydrogen) atoms. The van der Waals surface area contributed by atoms with Gasteiger partial charge in [0.25, 0.3) is 0 Å². The summed E-state index contributed by atoms with van der Waals surface area (Å²) in [6.07, 6.45) is 0. The Balaban J connectivity index is 1.62. The molecule has 0 heterocycles. The third-order valence-electron chi connectivity index (χ3n) is 4.06. The molecular formula is C21H17Cl4NO. The van der Waals surface area contributed by atoms with E-state index < -0.39 is 0 Å². The number of rotatable bonds is 6. The van der Waals surface area contributed by atoms with Gasteiger partial charge >= 0.3 is 0 Å². The van der Waals surface area contributed by atoms with Gasteiger partial charge in [-0.3, -0.25) is 0 Å². The van der Waals surface area contributed by atoms with Gasteiger partial charge in [0, 0.05) is 32.9 Å². The van der Waals surface area contributed by atoms with Crippen molar-refractivity contribution in [2.75, 3.05) is 5.32 Å². The number of hydrogen-bond donors (Lipinski definition) is 1. The summed E-state index contributed by atoms with van der Waals surface area (Å²) >= 11 is 24.6. The summed E-state index contributed by atoms with van der Waals surface area (Å²) < 4.78 is 5.79. The van der Waals surface area contributed by atoms with E-state index in [9.17, 15) is 0 Å². The topological polar surface area (TPSA) is 21.3 Å². The molecule has 0 saturated heterocycles. The van der Waals surface area contributed by atoms with E-state index in [0.29, 0.717) is 34.0 Å². The minimum absolute atomic E-state index is 0.315. The second kappa shape index (κ2) is 9.07. The van der Waals surface area contributed by atoms with Crippen LogP contribution in [0.4, 0.5) is 5.69 Å². The Morgan fingerprint density at radius 1 is 0.815 bits per heavy atom. The van der Waals surface area contributed by atoms with Gasteiger partial charge in [0.1, 0.15) is 12.4 Å². The summed E-state index contributed by atoms with van der Waals surface area (Å²) in [5, 5.41) is 5.77. The molecule has 3 aromatic carbocycles. The van der Waals surface area contributed by atoms with E-state index in [1.807, 2.05) is 49.4 Å². The maximum absolute atomic E-state index is 6.36. The van der Waals surface area contributed by atoms with Crippen LogP contribution in [0.2, 0.25) is 20.1 Å². The number of halogens is 4. The zero-order valence-corrected chi connectivity index (χ0v) is 17.6. The highest BCUT2D eigenvalue weighted by molar-refractivity contribution is 6.35. The molecule has 0 spiro atoms. The average Bonchev–Trinajstić information content (AvgIpc) is 2.63. The van der Waals surface area contributed by atoms with Crippen LogP contribution in [0.5, 0.6) is 5.75 Å². The first kappa shape index (κ1) is 20.2. The van der Waals surface area contributed by atoms with Crippen molar-refractivity contribution in [1.29, 1.82) is 0 Å². The number of ether oxygens (including phenoxy) is 1. The maximum Gasteiger partial charge on any atom is 0.138 e. The van der Waals surface area contributed by atoms with Crippen LogP contribution < -0.4 is 10.1 Å². The van der Waals surface area contributed by atoms with E-state index in [4.69, 9.17) is 51.1 Å². The van der Waals surface area contributed by atoms with Crippen LogP contribution in [0.1, 0.15) is 16.7 Å². The van der Waals surface area contributed by atoms with Crippen LogP contribution in [0, 0.1) is 6.92 Å². The highest BCUT2D eigenvalue weighted by Crippen LogP contribution is 2.29. The molecule has 6 heteroatoms. The summed E-state index contributed by atoms with van der Waals surface area (Å²) in [5.41, 5.74) is 3.89. The summed E-state index contributed by atoms with van der Waals surface area (Å²) in [6.45, 7) is 2.92. The third kappa shape index (κ3) is 5.46. The van der Waals surface area contributed by atoms with Crippen molar-refractivity contribution < 1.29 is 4.74 Å². The lowest BCUT2D eigenvalue weighted by Crippen LogP contribution is -2.01. The molecule has 0 amide bonds. The first-order valence-corrected chi connectivity index (χ1v) is 9.79. The highest BCUT2D eigenvalue weighted by atomic mass is 35.5. The molecular weight excluding hydrogens is 424 g/mol. The van der Waals surface area contributed by atoms with Crippen LogP contribution in [-0.4, -0.2) is 0 Å². The van der Waals surface area contributed by atoms with Crippen molar-refractivity contribution in [2.24, 2.45) is 0 Å². The van der Waals surface area contributed by atoms with Crippen LogP contribution in [-0.2, 0) is 13.2 Å². The van der Waals surface area contributed by atoms with Gasteiger partial charge in [-0.2, -0.15) is 0 Å². The molecule has 0 aliphatic carbocycles. The van der Waals surface area contributed by atoms with E-state index in [-0.39, 0.29) is 0 Å². The average molecular weight is 441 g/mol. The summed E-state index contributed by atoms with van der Waals surface area (Å²) in [6, 6.07) is 16.9. The Labute approximate surface area is 179 Å². The SMILES string of the molecule is Cc1ccc(NCc2ccc(OCc3ccc(Cl)cc3Cl)c(Cl)c2)cc1Cl. The van der Waals surface area contributed by atoms with Crippen molar-refractivity contribution in [2.45, 2.75) is 20.1 Å². The fourth-order valence-corrected chi connectivity index (χ4v) is 3.37. The van der Waals surface area contributed by atoms with Gasteiger partial charge in [-0.1, -0.05) is 64.6 Å². The second-order valence-corrected chi connectivity index (χ2v) is 7.76. The fourth-order valence-electron chi connectivity index (χ4n) is 2.47. The Kier molecular flexibility index (Phi) is 6.78. The van der Waals surface area contributed by atoms with Crippen molar-refractivity contribution in [1.82, 2.24) is 0 Å². The Hall–Kier alpha value is -1.58. The Morgan fingerprint density at radius 3 is 2.33 bits per heavy atom. The van der Waals surface area contributed by atoms with Crippen molar-refractivity contribution in [3.05, 3.63) is 91.4 Å². The molecule has 3 rings (SSSR count). The van der Waals surface area contributed by atoms with E-state index in [2.05, 4.69) is 5.32 Å². The van der Waals surface area contributed by atoms with Crippen molar-refractivity contribution >= 4 is 52.1 Å². The van der Waals surface area contributed by atoms with Crippen LogP contribution in [0.3, 0.4) is 0 Å². The van der Waals surface area contributed by atoms with E-state index >= 15 is 0 Å². The van der Waals surface area contributed by atoms with Gasteiger partial charge in [-0.15, -0.1) is 0 Å². The lowest BCUT2D eigenvalue weighted by atomic mass is 10.2. The smallest absolute Gasteiger partial charge is 0.138 e. The number of aryl methyl sites for hydroxylation is 1. The molecule has 0 unspecified atom stereocenters. The first-order valence-electron chi connectivity index (χ1n) is 8.27. The van der Waals surface area contributed by atoms with Gasteiger partial charge < -0.3 is 10.1 Å². The third-order valence-corrected chi connectivity index (χ3v) is 5.35. The van der Waals surface area contributed by atoms with Gasteiger partial charge in [-0.25, -0.2) is 0 Å². The largest absolute Gasteiger partial charge is 0.487 e. The van der Waals surface area contributed by atoms with Gasteiger partial charge in [0.15, 0.2) is 0 Å². The predicted octanol–water partition coefficient (Wildman–Crippen LogP) is 7.80. The number of benzene rings is 3. The zero-order valence-electron chi connectivity index (χ0n) is 14.5. The zero-order chi connectivity index (χ0) is 19.4. The number of nitrogens with one attached hydrogen (secondary N) is 1. The normalized spacial score (nSPS) is 10.7. The quantitative estimate of drug-likeness (QED) is 0.422. The second-order valence-electron chi connectivity index (χ2n) is 6.11. The molecule has 0 bridgehead atoms. The molecule has 3 aromatic rings. The van der Waals surface area contributed by atoms with Gasteiger partial charge in [0.05, 0.1) is 5.02 Å². The molecule has 0 aromatic heterocycles. The van der Waals surface area contributed by atoms with Crippen LogP contribution in [0.15, 0.2) is 54.6 Å². The Bertz CT molecular complexity index is 959. The van der Waals surface area contributed by atoms with Crippen LogP contribution in [0.25, 0.3) is 0 Å². The summed E-state index contributed by atoms with van der Waals surface area (Å²) in [7, 11) is 0.